The average Bonchev–Trinajstić information content (AvgIpc) is 3.12. The lowest BCUT2D eigenvalue weighted by atomic mass is 9.93. The normalized spacial score (nSPS) is 17.5. The van der Waals surface area contributed by atoms with Crippen LogP contribution >= 0.6 is 8.02 Å². The van der Waals surface area contributed by atoms with E-state index in [0.717, 1.165) is 43.8 Å². The molecule has 0 bridgehead atoms. The third-order valence-corrected chi connectivity index (χ3v) is 10.7. The lowest BCUT2D eigenvalue weighted by Crippen LogP contribution is -2.45. The van der Waals surface area contributed by atoms with Crippen molar-refractivity contribution in [2.45, 2.75) is 12.1 Å². The van der Waals surface area contributed by atoms with Crippen LogP contribution in [0, 0.1) is 11.6 Å². The first-order valence-corrected chi connectivity index (χ1v) is 17.1. The Kier molecular flexibility index (Phi) is 7.62. The van der Waals surface area contributed by atoms with E-state index in [1.54, 1.807) is 24.3 Å². The van der Waals surface area contributed by atoms with E-state index in [1.807, 2.05) is 84.9 Å². The molecule has 7 aromatic carbocycles. The van der Waals surface area contributed by atoms with Crippen LogP contribution in [0.2, 0.25) is 0 Å². The summed E-state index contributed by atoms with van der Waals surface area (Å²) in [6, 6.07) is 48.7. The molecule has 0 saturated carbocycles. The van der Waals surface area contributed by atoms with Gasteiger partial charge in [-0.2, -0.15) is 0 Å². The number of benzene rings is 7. The smallest absolute Gasteiger partial charge is 0.272 e. The molecule has 230 valence electrons. The Morgan fingerprint density at radius 3 is 1.21 bits per heavy atom. The van der Waals surface area contributed by atoms with Crippen LogP contribution < -0.4 is 19.2 Å². The molecule has 0 fully saturated rings. The highest BCUT2D eigenvalue weighted by Gasteiger charge is 2.58. The van der Waals surface area contributed by atoms with E-state index in [-0.39, 0.29) is 23.7 Å². The molecule has 2 heterocycles. The summed E-state index contributed by atoms with van der Waals surface area (Å²) >= 11 is 0. The van der Waals surface area contributed by atoms with Crippen molar-refractivity contribution in [2.24, 2.45) is 0 Å². The van der Waals surface area contributed by atoms with Crippen molar-refractivity contribution in [1.82, 2.24) is 10.2 Å². The largest absolute Gasteiger partial charge is 0.520 e. The fourth-order valence-electron chi connectivity index (χ4n) is 6.39. The maximum atomic E-state index is 14.0. The second-order valence-corrected chi connectivity index (χ2v) is 13.5. The summed E-state index contributed by atoms with van der Waals surface area (Å²) in [5.74, 6) is 0.791. The zero-order valence-corrected chi connectivity index (χ0v) is 26.1. The Morgan fingerprint density at radius 1 is 0.426 bits per heavy atom. The summed E-state index contributed by atoms with van der Waals surface area (Å²) < 4.78 is 41.6. The van der Waals surface area contributed by atoms with Crippen LogP contribution in [-0.4, -0.2) is 0 Å². The average molecular weight is 640 g/mol. The van der Waals surface area contributed by atoms with Crippen LogP contribution in [0.3, 0.4) is 0 Å². The second kappa shape index (κ2) is 12.2. The summed E-state index contributed by atoms with van der Waals surface area (Å²) in [6.45, 7) is 0. The molecule has 0 aromatic heterocycles. The number of fused-ring (bicyclic) bond motifs is 6. The van der Waals surface area contributed by atoms with Gasteiger partial charge in [-0.3, -0.25) is 9.05 Å². The molecule has 1 spiro atoms. The van der Waals surface area contributed by atoms with Gasteiger partial charge in [0.2, 0.25) is 0 Å². The van der Waals surface area contributed by atoms with Gasteiger partial charge in [0.1, 0.15) is 23.7 Å². The second-order valence-electron chi connectivity index (χ2n) is 11.5. The van der Waals surface area contributed by atoms with Crippen LogP contribution in [0.15, 0.2) is 158 Å². The van der Waals surface area contributed by atoms with E-state index in [4.69, 9.17) is 9.05 Å². The van der Waals surface area contributed by atoms with Gasteiger partial charge >= 0.3 is 8.02 Å². The molecule has 9 rings (SSSR count). The van der Waals surface area contributed by atoms with E-state index >= 15 is 0 Å². The number of hydrogen-bond donors (Lipinski definition) is 2. The first-order chi connectivity index (χ1) is 23.1. The van der Waals surface area contributed by atoms with Crippen molar-refractivity contribution in [2.75, 3.05) is 0 Å². The Balaban J connectivity index is 0.000000489. The van der Waals surface area contributed by atoms with E-state index in [9.17, 15) is 8.78 Å². The van der Waals surface area contributed by atoms with Gasteiger partial charge in [-0.1, -0.05) is 132 Å². The van der Waals surface area contributed by atoms with Crippen molar-refractivity contribution < 1.29 is 17.8 Å². The van der Waals surface area contributed by atoms with Crippen molar-refractivity contribution >= 4 is 29.6 Å². The molecule has 47 heavy (non-hydrogen) atoms. The molecule has 2 aliphatic heterocycles. The van der Waals surface area contributed by atoms with Crippen LogP contribution in [-0.2, 0) is 0 Å². The fourth-order valence-corrected chi connectivity index (χ4v) is 8.82. The third-order valence-electron chi connectivity index (χ3n) is 8.56. The van der Waals surface area contributed by atoms with Crippen molar-refractivity contribution in [3.63, 3.8) is 0 Å². The van der Waals surface area contributed by atoms with E-state index in [2.05, 4.69) is 34.4 Å². The van der Waals surface area contributed by atoms with Gasteiger partial charge in [-0.05, 0) is 69.1 Å². The van der Waals surface area contributed by atoms with Gasteiger partial charge in [-0.15, -0.1) is 0 Å². The molecular weight excluding hydrogens is 609 g/mol. The molecule has 7 aromatic rings. The zero-order chi connectivity index (χ0) is 31.8. The molecule has 4 nitrogen and oxygen atoms in total. The minimum Gasteiger partial charge on any atom is -0.272 e. The van der Waals surface area contributed by atoms with Crippen LogP contribution in [0.25, 0.3) is 21.5 Å². The highest BCUT2D eigenvalue weighted by Crippen LogP contribution is 2.65. The monoisotopic (exact) mass is 639 g/mol. The predicted octanol–water partition coefficient (Wildman–Crippen LogP) is 10.5. The number of hydrogen-bond acceptors (Lipinski definition) is 4. The van der Waals surface area contributed by atoms with Crippen LogP contribution in [0.4, 0.5) is 8.78 Å². The lowest BCUT2D eigenvalue weighted by molar-refractivity contribution is 0.373. The molecule has 0 aliphatic carbocycles. The first kappa shape index (κ1) is 29.3. The highest BCUT2D eigenvalue weighted by molar-refractivity contribution is 7.63. The van der Waals surface area contributed by atoms with E-state index in [1.165, 1.54) is 24.3 Å². The highest BCUT2D eigenvalue weighted by atomic mass is 31.2. The fraction of sp³-hybridized carbons (Fsp3) is 0.0500. The summed E-state index contributed by atoms with van der Waals surface area (Å²) in [5.41, 5.74) is 3.71. The summed E-state index contributed by atoms with van der Waals surface area (Å²) in [4.78, 5) is 0. The molecule has 2 atom stereocenters. The molecule has 2 aliphatic rings. The summed E-state index contributed by atoms with van der Waals surface area (Å²) in [5, 5.41) is 11.7. The predicted molar refractivity (Wildman–Crippen MR) is 185 cm³/mol. The van der Waals surface area contributed by atoms with Gasteiger partial charge in [0.25, 0.3) is 0 Å². The molecule has 2 N–H and O–H groups in total. The summed E-state index contributed by atoms with van der Waals surface area (Å²) in [6.07, 6.45) is 0. The zero-order valence-electron chi connectivity index (χ0n) is 25.2. The molecular formula is C40H30F2N2O2P+. The lowest BCUT2D eigenvalue weighted by Gasteiger charge is -2.39. The van der Waals surface area contributed by atoms with Gasteiger partial charge < -0.3 is 0 Å². The quantitative estimate of drug-likeness (QED) is 0.185. The Hall–Kier alpha value is -5.13. The van der Waals surface area contributed by atoms with Gasteiger partial charge in [-0.25, -0.2) is 8.78 Å². The van der Waals surface area contributed by atoms with E-state index in [0.29, 0.717) is 11.5 Å². The Labute approximate surface area is 272 Å². The Morgan fingerprint density at radius 2 is 0.809 bits per heavy atom. The topological polar surface area (TPSA) is 42.5 Å². The molecule has 0 amide bonds. The van der Waals surface area contributed by atoms with Crippen LogP contribution in [0.5, 0.6) is 11.5 Å². The van der Waals surface area contributed by atoms with Gasteiger partial charge in [0, 0.05) is 11.1 Å². The maximum Gasteiger partial charge on any atom is 0.520 e. The molecule has 0 radical (unpaired) electrons. The minimum absolute atomic E-state index is 0.298. The van der Waals surface area contributed by atoms with Crippen molar-refractivity contribution in [3.05, 3.63) is 192 Å². The van der Waals surface area contributed by atoms with Crippen molar-refractivity contribution in [3.8, 4) is 11.5 Å². The molecule has 0 unspecified atom stereocenters. The number of rotatable bonds is 2. The van der Waals surface area contributed by atoms with Gasteiger partial charge in [0.05, 0.1) is 0 Å². The van der Waals surface area contributed by atoms with Crippen molar-refractivity contribution in [1.29, 1.82) is 0 Å². The molecule has 7 heteroatoms. The van der Waals surface area contributed by atoms with Gasteiger partial charge in [0.15, 0.2) is 11.5 Å². The standard InChI is InChI=1S/C34H24F2N2O2P.C6H6/c35-25-15-9-23(10-16-25)33-31-27-7-3-1-5-21(27)13-19-29(31)39-41(37-33)38-34(24-11-17-26(36)18-12-24)32-28-8-4-2-6-22(28)14-20-30(32)40-41;1-2-4-6-5-3-1/h1-20,33-34,37-38H;1-6H/q+1;/t33-,34-,41?;/m1./s1. The third kappa shape index (κ3) is 5.61. The first-order valence-electron chi connectivity index (χ1n) is 15.4. The summed E-state index contributed by atoms with van der Waals surface area (Å²) in [7, 11) is -3.06. The maximum absolute atomic E-state index is 14.0. The van der Waals surface area contributed by atoms with Crippen LogP contribution in [0.1, 0.15) is 34.3 Å². The number of nitrogens with one attached hydrogen (secondary N) is 2. The minimum atomic E-state index is -3.06. The molecule has 0 saturated heterocycles. The SMILES string of the molecule is Fc1ccc([C@H]2N[P+]3(N[C@H](c4ccc(F)cc4)c4c(ccc5ccccc45)O3)Oc3ccc4ccccc4c32)cc1.c1ccccc1. The Bertz CT molecular complexity index is 2030. The van der Waals surface area contributed by atoms with E-state index < -0.39 is 8.02 Å². The number of halogens is 2.